The van der Waals surface area contributed by atoms with E-state index in [2.05, 4.69) is 9.97 Å². The average molecular weight is 635 g/mol. The first-order valence-electron chi connectivity index (χ1n) is 15.9. The highest BCUT2D eigenvalue weighted by molar-refractivity contribution is 5.93. The molecule has 0 bridgehead atoms. The summed E-state index contributed by atoms with van der Waals surface area (Å²) in [4.78, 5) is 34.0. The molecule has 0 saturated carbocycles. The molecule has 6 rings (SSSR count). The van der Waals surface area contributed by atoms with E-state index < -0.39 is 11.2 Å². The third-order valence-electron chi connectivity index (χ3n) is 8.11. The number of hydrogen-bond acceptors (Lipinski definition) is 4. The molecule has 1 saturated heterocycles. The fourth-order valence-electron chi connectivity index (χ4n) is 5.92. The Hall–Kier alpha value is -4.34. The number of amides is 2. The van der Waals surface area contributed by atoms with Crippen molar-refractivity contribution in [3.63, 3.8) is 0 Å². The number of likely N-dealkylation sites (tertiary alicyclic amines) is 1. The maximum Gasteiger partial charge on any atom is 0.410 e. The van der Waals surface area contributed by atoms with E-state index in [1.807, 2.05) is 60.0 Å². The van der Waals surface area contributed by atoms with E-state index in [0.29, 0.717) is 32.1 Å². The summed E-state index contributed by atoms with van der Waals surface area (Å²) in [5, 5.41) is 1.82. The number of fused-ring (bicyclic) bond motifs is 2. The van der Waals surface area contributed by atoms with Gasteiger partial charge in [-0.25, -0.2) is 18.4 Å². The number of ether oxygens (including phenoxy) is 2. The highest BCUT2D eigenvalue weighted by Gasteiger charge is 2.29. The lowest BCUT2D eigenvalue weighted by atomic mass is 9.89. The Kier molecular flexibility index (Phi) is 9.47. The molecule has 2 aromatic heterocycles. The lowest BCUT2D eigenvalue weighted by Crippen LogP contribution is -2.41. The van der Waals surface area contributed by atoms with Gasteiger partial charge in [-0.05, 0) is 114 Å². The van der Waals surface area contributed by atoms with Crippen molar-refractivity contribution in [2.45, 2.75) is 77.9 Å². The molecule has 8 nitrogen and oxygen atoms in total. The van der Waals surface area contributed by atoms with Gasteiger partial charge in [0, 0.05) is 65.9 Å². The molecule has 0 spiro atoms. The quantitative estimate of drug-likeness (QED) is 0.231. The van der Waals surface area contributed by atoms with Crippen molar-refractivity contribution in [1.82, 2.24) is 19.8 Å². The number of piperidine rings is 1. The van der Waals surface area contributed by atoms with Gasteiger partial charge < -0.3 is 29.2 Å². The first-order chi connectivity index (χ1) is 21.7. The van der Waals surface area contributed by atoms with E-state index in [4.69, 9.17) is 9.47 Å². The fraction of sp³-hybridized carbons (Fsp3) is 0.444. The van der Waals surface area contributed by atoms with Crippen LogP contribution in [0.1, 0.15) is 77.8 Å². The van der Waals surface area contributed by atoms with Gasteiger partial charge >= 0.3 is 12.2 Å². The molecule has 10 heteroatoms. The van der Waals surface area contributed by atoms with E-state index in [0.717, 1.165) is 57.8 Å². The zero-order chi connectivity index (χ0) is 33.2. The monoisotopic (exact) mass is 634 g/mol. The molecule has 0 aliphatic carbocycles. The van der Waals surface area contributed by atoms with E-state index in [9.17, 15) is 18.4 Å². The Morgan fingerprint density at radius 2 is 1.30 bits per heavy atom. The van der Waals surface area contributed by atoms with Crippen LogP contribution in [-0.4, -0.2) is 69.3 Å². The minimum Gasteiger partial charge on any atom is -0.444 e. The van der Waals surface area contributed by atoms with Crippen LogP contribution in [0.15, 0.2) is 54.9 Å². The highest BCUT2D eigenvalue weighted by Crippen LogP contribution is 2.34. The van der Waals surface area contributed by atoms with Crippen molar-refractivity contribution < 1.29 is 27.8 Å². The lowest BCUT2D eigenvalue weighted by Gasteiger charge is -2.33. The average Bonchev–Trinajstić information content (AvgIpc) is 3.60. The summed E-state index contributed by atoms with van der Waals surface area (Å²) in [7, 11) is 0. The Labute approximate surface area is 268 Å². The van der Waals surface area contributed by atoms with Crippen LogP contribution in [0.25, 0.3) is 27.4 Å². The van der Waals surface area contributed by atoms with E-state index >= 15 is 0 Å². The second-order valence-electron chi connectivity index (χ2n) is 14.0. The first kappa shape index (κ1) is 33.0. The van der Waals surface area contributed by atoms with Crippen LogP contribution in [0.3, 0.4) is 0 Å². The largest absolute Gasteiger partial charge is 0.444 e. The summed E-state index contributed by atoms with van der Waals surface area (Å²) in [5.74, 6) is -0.126. The van der Waals surface area contributed by atoms with Crippen molar-refractivity contribution in [3.05, 3.63) is 77.6 Å². The van der Waals surface area contributed by atoms with E-state index in [1.54, 1.807) is 34.1 Å². The molecule has 2 aliphatic heterocycles. The number of benzene rings is 2. The zero-order valence-electron chi connectivity index (χ0n) is 27.5. The normalized spacial score (nSPS) is 16.2. The number of H-pyrrole nitrogens is 2. The predicted octanol–water partition coefficient (Wildman–Crippen LogP) is 8.75. The molecule has 46 heavy (non-hydrogen) atoms. The van der Waals surface area contributed by atoms with Crippen LogP contribution >= 0.6 is 0 Å². The third kappa shape index (κ3) is 8.08. The Balaban J connectivity index is 0.000000181. The fourth-order valence-corrected chi connectivity index (χ4v) is 5.92. The number of halogens is 2. The van der Waals surface area contributed by atoms with E-state index in [-0.39, 0.29) is 23.8 Å². The summed E-state index contributed by atoms with van der Waals surface area (Å²) in [6.07, 6.45) is 7.80. The predicted molar refractivity (Wildman–Crippen MR) is 177 cm³/mol. The number of carbonyl (C=O) groups is 2. The summed E-state index contributed by atoms with van der Waals surface area (Å²) in [6, 6.07) is 9.55. The van der Waals surface area contributed by atoms with Gasteiger partial charge in [0.2, 0.25) is 0 Å². The van der Waals surface area contributed by atoms with Crippen molar-refractivity contribution in [1.29, 1.82) is 0 Å². The molecule has 2 aromatic carbocycles. The number of nitrogens with one attached hydrogen (secondary N) is 2. The number of hydrogen-bond donors (Lipinski definition) is 2. The molecular weight excluding hydrogens is 590 g/mol. The topological polar surface area (TPSA) is 90.7 Å². The molecule has 246 valence electrons. The van der Waals surface area contributed by atoms with Crippen LogP contribution in [0.2, 0.25) is 0 Å². The SMILES string of the molecule is CC(C)(C)OC(=O)N1CC=C(c2c[nH]c3ccc(F)cc23)CC1.CC(C)(C)OC(=O)N1CCC(c2c[nH]c3ccc(F)cc23)CC1. The number of aromatic amines is 2. The molecular formula is C36H44F2N4O4. The number of carbonyl (C=O) groups excluding carboxylic acids is 2. The first-order valence-corrected chi connectivity index (χ1v) is 15.9. The van der Waals surface area contributed by atoms with Crippen molar-refractivity contribution in [2.75, 3.05) is 26.2 Å². The Bertz CT molecular complexity index is 1740. The zero-order valence-corrected chi connectivity index (χ0v) is 27.5. The summed E-state index contributed by atoms with van der Waals surface area (Å²) < 4.78 is 37.8. The van der Waals surface area contributed by atoms with Gasteiger partial charge in [-0.1, -0.05) is 6.08 Å². The Morgan fingerprint density at radius 1 is 0.761 bits per heavy atom. The molecule has 2 N–H and O–H groups in total. The molecule has 0 radical (unpaired) electrons. The standard InChI is InChI=1S/C18H23FN2O2.C18H21FN2O2/c2*1-18(2,3)23-17(22)21-8-6-12(7-9-21)15-11-20-16-5-4-13(19)10-14(15)16/h4-5,10-12,20H,6-9H2,1-3H3;4-6,10-11,20H,7-9H2,1-3H3. The Morgan fingerprint density at radius 3 is 1.87 bits per heavy atom. The molecule has 0 atom stereocenters. The second kappa shape index (κ2) is 13.2. The van der Waals surface area contributed by atoms with Gasteiger partial charge in [0.1, 0.15) is 22.8 Å². The molecule has 2 aliphatic rings. The van der Waals surface area contributed by atoms with Gasteiger partial charge in [-0.15, -0.1) is 0 Å². The third-order valence-corrected chi connectivity index (χ3v) is 8.11. The van der Waals surface area contributed by atoms with Crippen LogP contribution in [0.4, 0.5) is 18.4 Å². The summed E-state index contributed by atoms with van der Waals surface area (Å²) in [5.41, 5.74) is 4.18. The molecule has 1 fully saturated rings. The van der Waals surface area contributed by atoms with Crippen LogP contribution in [0, 0.1) is 11.6 Å². The lowest BCUT2D eigenvalue weighted by molar-refractivity contribution is 0.0203. The second-order valence-corrected chi connectivity index (χ2v) is 14.0. The van der Waals surface area contributed by atoms with Crippen LogP contribution < -0.4 is 0 Å². The van der Waals surface area contributed by atoms with Crippen LogP contribution in [-0.2, 0) is 9.47 Å². The van der Waals surface area contributed by atoms with Gasteiger partial charge in [0.15, 0.2) is 0 Å². The molecule has 4 heterocycles. The maximum atomic E-state index is 13.5. The minimum atomic E-state index is -0.491. The van der Waals surface area contributed by atoms with Crippen molar-refractivity contribution >= 4 is 39.6 Å². The van der Waals surface area contributed by atoms with Gasteiger partial charge in [0.25, 0.3) is 0 Å². The van der Waals surface area contributed by atoms with Crippen molar-refractivity contribution in [2.24, 2.45) is 0 Å². The molecule has 2 amide bonds. The number of rotatable bonds is 2. The van der Waals surface area contributed by atoms with Gasteiger partial charge in [-0.3, -0.25) is 0 Å². The van der Waals surface area contributed by atoms with Crippen molar-refractivity contribution in [3.8, 4) is 0 Å². The molecule has 0 unspecified atom stereocenters. The van der Waals surface area contributed by atoms with Gasteiger partial charge in [0.05, 0.1) is 0 Å². The van der Waals surface area contributed by atoms with Crippen LogP contribution in [0.5, 0.6) is 0 Å². The summed E-state index contributed by atoms with van der Waals surface area (Å²) in [6.45, 7) is 13.6. The summed E-state index contributed by atoms with van der Waals surface area (Å²) >= 11 is 0. The smallest absolute Gasteiger partial charge is 0.410 e. The maximum absolute atomic E-state index is 13.5. The number of nitrogens with zero attached hydrogens (tertiary/aromatic N) is 2. The van der Waals surface area contributed by atoms with Gasteiger partial charge in [-0.2, -0.15) is 0 Å². The number of aromatic nitrogens is 2. The minimum absolute atomic E-state index is 0.218. The molecule has 4 aromatic rings. The van der Waals surface area contributed by atoms with E-state index in [1.165, 1.54) is 12.1 Å². The highest BCUT2D eigenvalue weighted by atomic mass is 19.1.